The number of nitrogens with zero attached hydrogens (tertiary/aromatic N) is 3. The van der Waals surface area contributed by atoms with Crippen LogP contribution in [0.25, 0.3) is 5.69 Å². The van der Waals surface area contributed by atoms with Gasteiger partial charge in [0.15, 0.2) is 0 Å². The summed E-state index contributed by atoms with van der Waals surface area (Å²) < 4.78 is 7.03. The van der Waals surface area contributed by atoms with Gasteiger partial charge in [-0.25, -0.2) is 4.68 Å². The van der Waals surface area contributed by atoms with Crippen molar-refractivity contribution in [1.29, 1.82) is 5.26 Å². The zero-order chi connectivity index (χ0) is 13.2. The van der Waals surface area contributed by atoms with Gasteiger partial charge < -0.3 is 10.5 Å². The van der Waals surface area contributed by atoms with Crippen LogP contribution in [0.5, 0.6) is 0 Å². The van der Waals surface area contributed by atoms with E-state index in [-0.39, 0.29) is 0 Å². The Labute approximate surface area is 111 Å². The van der Waals surface area contributed by atoms with Gasteiger partial charge in [0.1, 0.15) is 11.8 Å². The van der Waals surface area contributed by atoms with E-state index in [1.54, 1.807) is 16.8 Å². The van der Waals surface area contributed by atoms with Gasteiger partial charge >= 0.3 is 0 Å². The van der Waals surface area contributed by atoms with Crippen molar-refractivity contribution < 1.29 is 4.74 Å². The van der Waals surface area contributed by atoms with Gasteiger partial charge in [-0.1, -0.05) is 0 Å². The SMILES string of the molecule is N#Cc1cc(C2CCOC2)nn1-c1ccc(N)cc1. The van der Waals surface area contributed by atoms with E-state index in [2.05, 4.69) is 11.2 Å². The Balaban J connectivity index is 2.00. The van der Waals surface area contributed by atoms with Gasteiger partial charge in [-0.2, -0.15) is 10.4 Å². The fraction of sp³-hybridized carbons (Fsp3) is 0.286. The molecule has 0 aliphatic carbocycles. The maximum absolute atomic E-state index is 9.22. The second kappa shape index (κ2) is 4.75. The Kier molecular flexibility index (Phi) is 2.94. The average molecular weight is 254 g/mol. The molecule has 5 heteroatoms. The molecule has 19 heavy (non-hydrogen) atoms. The summed E-state index contributed by atoms with van der Waals surface area (Å²) in [5.41, 5.74) is 8.66. The van der Waals surface area contributed by atoms with E-state index in [4.69, 9.17) is 10.5 Å². The molecular formula is C14H14N4O. The average Bonchev–Trinajstić information content (AvgIpc) is 3.08. The second-order valence-corrected chi connectivity index (χ2v) is 4.63. The third-order valence-corrected chi connectivity index (χ3v) is 3.33. The number of hydrogen-bond donors (Lipinski definition) is 1. The number of nitrogen functional groups attached to an aromatic ring is 1. The van der Waals surface area contributed by atoms with Crippen molar-refractivity contribution in [2.45, 2.75) is 12.3 Å². The molecule has 1 aromatic carbocycles. The second-order valence-electron chi connectivity index (χ2n) is 4.63. The van der Waals surface area contributed by atoms with E-state index in [1.807, 2.05) is 18.2 Å². The number of rotatable bonds is 2. The first-order valence-corrected chi connectivity index (χ1v) is 6.21. The Morgan fingerprint density at radius 2 is 2.16 bits per heavy atom. The number of anilines is 1. The van der Waals surface area contributed by atoms with Gasteiger partial charge in [-0.15, -0.1) is 0 Å². The molecule has 1 saturated heterocycles. The first-order valence-electron chi connectivity index (χ1n) is 6.21. The Hall–Kier alpha value is -2.32. The summed E-state index contributed by atoms with van der Waals surface area (Å²) in [7, 11) is 0. The monoisotopic (exact) mass is 254 g/mol. The van der Waals surface area contributed by atoms with Gasteiger partial charge in [-0.3, -0.25) is 0 Å². The molecule has 1 aliphatic heterocycles. The van der Waals surface area contributed by atoms with Crippen LogP contribution in [0.2, 0.25) is 0 Å². The molecule has 1 aliphatic rings. The maximum Gasteiger partial charge on any atom is 0.144 e. The zero-order valence-corrected chi connectivity index (χ0v) is 10.4. The van der Waals surface area contributed by atoms with E-state index >= 15 is 0 Å². The molecule has 2 aromatic rings. The summed E-state index contributed by atoms with van der Waals surface area (Å²) in [5.74, 6) is 0.294. The molecule has 2 N–H and O–H groups in total. The minimum absolute atomic E-state index is 0.294. The molecule has 2 heterocycles. The number of nitrogens with two attached hydrogens (primary N) is 1. The third-order valence-electron chi connectivity index (χ3n) is 3.33. The van der Waals surface area contributed by atoms with Crippen molar-refractivity contribution in [2.24, 2.45) is 0 Å². The number of hydrogen-bond acceptors (Lipinski definition) is 4. The fourth-order valence-corrected chi connectivity index (χ4v) is 2.26. The number of benzene rings is 1. The lowest BCUT2D eigenvalue weighted by atomic mass is 10.1. The van der Waals surface area contributed by atoms with Crippen molar-refractivity contribution in [3.8, 4) is 11.8 Å². The Morgan fingerprint density at radius 1 is 1.37 bits per heavy atom. The van der Waals surface area contributed by atoms with Gasteiger partial charge in [0, 0.05) is 18.2 Å². The fourth-order valence-electron chi connectivity index (χ4n) is 2.26. The first-order chi connectivity index (χ1) is 9.28. The summed E-state index contributed by atoms with van der Waals surface area (Å²) in [5, 5.41) is 13.8. The van der Waals surface area contributed by atoms with Crippen LogP contribution in [0.15, 0.2) is 30.3 Å². The molecule has 0 bridgehead atoms. The predicted octanol–water partition coefficient (Wildman–Crippen LogP) is 1.83. The van der Waals surface area contributed by atoms with E-state index in [1.165, 1.54) is 0 Å². The van der Waals surface area contributed by atoms with Gasteiger partial charge in [0.2, 0.25) is 0 Å². The number of aromatic nitrogens is 2. The van der Waals surface area contributed by atoms with Gasteiger partial charge in [0.25, 0.3) is 0 Å². The van der Waals surface area contributed by atoms with E-state index in [0.717, 1.165) is 24.4 Å². The molecule has 3 rings (SSSR count). The largest absolute Gasteiger partial charge is 0.399 e. The third kappa shape index (κ3) is 2.18. The molecule has 0 spiro atoms. The quantitative estimate of drug-likeness (QED) is 0.829. The van der Waals surface area contributed by atoms with Crippen LogP contribution in [-0.4, -0.2) is 23.0 Å². The molecule has 5 nitrogen and oxygen atoms in total. The van der Waals surface area contributed by atoms with Crippen molar-refractivity contribution in [3.05, 3.63) is 41.7 Å². The summed E-state index contributed by atoms with van der Waals surface area (Å²) in [6, 6.07) is 11.3. The normalized spacial score (nSPS) is 18.4. The number of nitriles is 1. The zero-order valence-electron chi connectivity index (χ0n) is 10.4. The Morgan fingerprint density at radius 3 is 2.79 bits per heavy atom. The molecule has 0 saturated carbocycles. The van der Waals surface area contributed by atoms with E-state index in [0.29, 0.717) is 23.9 Å². The van der Waals surface area contributed by atoms with Crippen LogP contribution in [0.3, 0.4) is 0 Å². The predicted molar refractivity (Wildman–Crippen MR) is 70.9 cm³/mol. The summed E-state index contributed by atoms with van der Waals surface area (Å²) in [6.45, 7) is 1.45. The molecule has 1 atom stereocenters. The van der Waals surface area contributed by atoms with Crippen molar-refractivity contribution in [1.82, 2.24) is 9.78 Å². The summed E-state index contributed by atoms with van der Waals surface area (Å²) in [6.07, 6.45) is 0.962. The van der Waals surface area contributed by atoms with Gasteiger partial charge in [-0.05, 0) is 36.8 Å². The maximum atomic E-state index is 9.22. The molecule has 1 unspecified atom stereocenters. The lowest BCUT2D eigenvalue weighted by molar-refractivity contribution is 0.193. The van der Waals surface area contributed by atoms with Gasteiger partial charge in [0.05, 0.1) is 18.0 Å². The van der Waals surface area contributed by atoms with Crippen molar-refractivity contribution in [3.63, 3.8) is 0 Å². The molecule has 0 amide bonds. The molecule has 96 valence electrons. The summed E-state index contributed by atoms with van der Waals surface area (Å²) in [4.78, 5) is 0. The smallest absolute Gasteiger partial charge is 0.144 e. The highest BCUT2D eigenvalue weighted by atomic mass is 16.5. The lowest BCUT2D eigenvalue weighted by Crippen LogP contribution is -2.02. The number of ether oxygens (including phenoxy) is 1. The van der Waals surface area contributed by atoms with Crippen molar-refractivity contribution >= 4 is 5.69 Å². The van der Waals surface area contributed by atoms with Crippen LogP contribution in [0.4, 0.5) is 5.69 Å². The molecule has 1 fully saturated rings. The molecular weight excluding hydrogens is 240 g/mol. The molecule has 1 aromatic heterocycles. The van der Waals surface area contributed by atoms with Crippen LogP contribution in [-0.2, 0) is 4.74 Å². The standard InChI is InChI=1S/C14H14N4O/c15-8-13-7-14(10-5-6-19-9-10)17-18(13)12-3-1-11(16)2-4-12/h1-4,7,10H,5-6,9,16H2. The lowest BCUT2D eigenvalue weighted by Gasteiger charge is -2.04. The van der Waals surface area contributed by atoms with E-state index in [9.17, 15) is 5.26 Å². The highest BCUT2D eigenvalue weighted by molar-refractivity contribution is 5.46. The highest BCUT2D eigenvalue weighted by Gasteiger charge is 2.22. The van der Waals surface area contributed by atoms with E-state index < -0.39 is 0 Å². The van der Waals surface area contributed by atoms with Crippen LogP contribution >= 0.6 is 0 Å². The topological polar surface area (TPSA) is 76.9 Å². The van der Waals surface area contributed by atoms with Crippen LogP contribution in [0.1, 0.15) is 23.7 Å². The highest BCUT2D eigenvalue weighted by Crippen LogP contribution is 2.25. The minimum Gasteiger partial charge on any atom is -0.399 e. The molecule has 0 radical (unpaired) electrons. The first kappa shape index (κ1) is 11.8. The van der Waals surface area contributed by atoms with Crippen LogP contribution in [0, 0.1) is 11.3 Å². The van der Waals surface area contributed by atoms with Crippen LogP contribution < -0.4 is 5.73 Å². The van der Waals surface area contributed by atoms with Crippen molar-refractivity contribution in [2.75, 3.05) is 18.9 Å². The minimum atomic E-state index is 0.294. The Bertz CT molecular complexity index is 618. The summed E-state index contributed by atoms with van der Waals surface area (Å²) >= 11 is 0.